The van der Waals surface area contributed by atoms with Gasteiger partial charge in [-0.15, -0.1) is 0 Å². The Morgan fingerprint density at radius 2 is 1.88 bits per heavy atom. The van der Waals surface area contributed by atoms with Crippen LogP contribution in [0.5, 0.6) is 0 Å². The third-order valence-corrected chi connectivity index (χ3v) is 3.60. The molecule has 17 heavy (non-hydrogen) atoms. The van der Waals surface area contributed by atoms with E-state index in [4.69, 9.17) is 0 Å². The van der Waals surface area contributed by atoms with E-state index in [0.717, 1.165) is 19.4 Å². The van der Waals surface area contributed by atoms with Crippen molar-refractivity contribution in [3.63, 3.8) is 0 Å². The van der Waals surface area contributed by atoms with Crippen LogP contribution in [0, 0.1) is 5.92 Å². The Labute approximate surface area is 102 Å². The van der Waals surface area contributed by atoms with Crippen LogP contribution in [0.25, 0.3) is 0 Å². The van der Waals surface area contributed by atoms with Gasteiger partial charge in [0.15, 0.2) is 0 Å². The Morgan fingerprint density at radius 3 is 2.53 bits per heavy atom. The number of unbranched alkanes of at least 4 members (excludes halogenated alkanes) is 3. The highest BCUT2D eigenvalue weighted by Gasteiger charge is 2.41. The largest absolute Gasteiger partial charge is 0.391 e. The van der Waals surface area contributed by atoms with Gasteiger partial charge in [-0.2, -0.15) is 13.2 Å². The molecule has 0 amide bonds. The average Bonchev–Trinajstić information content (AvgIpc) is 2.28. The molecule has 1 nitrogen and oxygen atoms in total. The highest BCUT2D eigenvalue weighted by atomic mass is 19.4. The van der Waals surface area contributed by atoms with Gasteiger partial charge < -0.3 is 5.32 Å². The topological polar surface area (TPSA) is 12.0 Å². The summed E-state index contributed by atoms with van der Waals surface area (Å²) in [5.41, 5.74) is 0. The van der Waals surface area contributed by atoms with Crippen LogP contribution in [-0.2, 0) is 0 Å². The summed E-state index contributed by atoms with van der Waals surface area (Å²) in [7, 11) is 0. The molecular weight excluding hydrogens is 227 g/mol. The van der Waals surface area contributed by atoms with Gasteiger partial charge in [-0.25, -0.2) is 0 Å². The van der Waals surface area contributed by atoms with Gasteiger partial charge in [0.1, 0.15) is 0 Å². The fraction of sp³-hybridized carbons (Fsp3) is 1.00. The Kier molecular flexibility index (Phi) is 6.31. The molecule has 2 atom stereocenters. The van der Waals surface area contributed by atoms with E-state index in [1.165, 1.54) is 19.3 Å². The summed E-state index contributed by atoms with van der Waals surface area (Å²) in [6.07, 6.45) is 2.88. The molecular formula is C13H24F3N. The molecule has 1 fully saturated rings. The molecule has 2 unspecified atom stereocenters. The van der Waals surface area contributed by atoms with Crippen molar-refractivity contribution < 1.29 is 13.2 Å². The third-order valence-electron chi connectivity index (χ3n) is 3.60. The van der Waals surface area contributed by atoms with Crippen molar-refractivity contribution in [3.8, 4) is 0 Å². The highest BCUT2D eigenvalue weighted by Crippen LogP contribution is 2.37. The summed E-state index contributed by atoms with van der Waals surface area (Å²) in [4.78, 5) is 0. The highest BCUT2D eigenvalue weighted by molar-refractivity contribution is 4.81. The van der Waals surface area contributed by atoms with Gasteiger partial charge in [0, 0.05) is 6.04 Å². The first-order chi connectivity index (χ1) is 8.04. The van der Waals surface area contributed by atoms with Crippen molar-refractivity contribution in [1.82, 2.24) is 5.32 Å². The minimum Gasteiger partial charge on any atom is -0.314 e. The first-order valence-corrected chi connectivity index (χ1v) is 6.84. The molecule has 0 saturated heterocycles. The van der Waals surface area contributed by atoms with Crippen LogP contribution in [0.2, 0.25) is 0 Å². The Morgan fingerprint density at radius 1 is 1.12 bits per heavy atom. The molecule has 0 bridgehead atoms. The maximum absolute atomic E-state index is 12.6. The molecule has 102 valence electrons. The van der Waals surface area contributed by atoms with Gasteiger partial charge in [0.2, 0.25) is 0 Å². The Balaban J connectivity index is 2.17. The van der Waals surface area contributed by atoms with Crippen molar-refractivity contribution in [3.05, 3.63) is 0 Å². The van der Waals surface area contributed by atoms with Crippen LogP contribution in [0.1, 0.15) is 58.3 Å². The maximum atomic E-state index is 12.6. The fourth-order valence-corrected chi connectivity index (χ4v) is 2.53. The normalized spacial score (nSPS) is 26.1. The summed E-state index contributed by atoms with van der Waals surface area (Å²) >= 11 is 0. The lowest BCUT2D eigenvalue weighted by molar-refractivity contribution is -0.183. The molecule has 0 aromatic carbocycles. The van der Waals surface area contributed by atoms with Gasteiger partial charge in [-0.1, -0.05) is 32.6 Å². The van der Waals surface area contributed by atoms with Crippen LogP contribution in [0.4, 0.5) is 13.2 Å². The third kappa shape index (κ3) is 5.75. The minimum absolute atomic E-state index is 0.0806. The minimum atomic E-state index is -4.00. The van der Waals surface area contributed by atoms with Crippen LogP contribution >= 0.6 is 0 Å². The predicted molar refractivity (Wildman–Crippen MR) is 63.9 cm³/mol. The van der Waals surface area contributed by atoms with Crippen molar-refractivity contribution in [2.75, 3.05) is 6.54 Å². The second kappa shape index (κ2) is 7.24. The smallest absolute Gasteiger partial charge is 0.314 e. The first-order valence-electron chi connectivity index (χ1n) is 6.84. The molecule has 0 aromatic rings. The number of hydrogen-bond donors (Lipinski definition) is 1. The molecule has 0 heterocycles. The van der Waals surface area contributed by atoms with E-state index in [-0.39, 0.29) is 12.5 Å². The second-order valence-electron chi connectivity index (χ2n) is 5.12. The van der Waals surface area contributed by atoms with Crippen molar-refractivity contribution >= 4 is 0 Å². The zero-order chi connectivity index (χ0) is 12.7. The van der Waals surface area contributed by atoms with E-state index in [0.29, 0.717) is 12.8 Å². The Bertz CT molecular complexity index is 203. The zero-order valence-corrected chi connectivity index (χ0v) is 10.7. The molecule has 0 spiro atoms. The molecule has 1 rings (SSSR count). The summed E-state index contributed by atoms with van der Waals surface area (Å²) in [6.45, 7) is 3.03. The van der Waals surface area contributed by atoms with Crippen LogP contribution in [0.3, 0.4) is 0 Å². The lowest BCUT2D eigenvalue weighted by atomic mass is 9.85. The van der Waals surface area contributed by atoms with Crippen molar-refractivity contribution in [1.29, 1.82) is 0 Å². The van der Waals surface area contributed by atoms with E-state index >= 15 is 0 Å². The molecule has 1 aliphatic rings. The van der Waals surface area contributed by atoms with Crippen molar-refractivity contribution in [2.24, 2.45) is 5.92 Å². The monoisotopic (exact) mass is 251 g/mol. The molecule has 1 aliphatic carbocycles. The van der Waals surface area contributed by atoms with Crippen molar-refractivity contribution in [2.45, 2.75) is 70.5 Å². The second-order valence-corrected chi connectivity index (χ2v) is 5.12. The summed E-state index contributed by atoms with van der Waals surface area (Å²) in [6, 6.07) is 0.0806. The first kappa shape index (κ1) is 14.8. The van der Waals surface area contributed by atoms with E-state index in [1.54, 1.807) is 0 Å². The molecule has 4 heteroatoms. The van der Waals surface area contributed by atoms with Gasteiger partial charge >= 0.3 is 6.18 Å². The number of alkyl halides is 3. The average molecular weight is 251 g/mol. The van der Waals surface area contributed by atoms with Crippen LogP contribution in [-0.4, -0.2) is 18.8 Å². The summed E-state index contributed by atoms with van der Waals surface area (Å²) in [5, 5.41) is 3.28. The van der Waals surface area contributed by atoms with E-state index < -0.39 is 12.1 Å². The van der Waals surface area contributed by atoms with E-state index in [1.807, 2.05) is 0 Å². The lowest BCUT2D eigenvalue weighted by Gasteiger charge is -2.31. The van der Waals surface area contributed by atoms with Gasteiger partial charge in [-0.05, 0) is 32.2 Å². The van der Waals surface area contributed by atoms with E-state index in [2.05, 4.69) is 12.2 Å². The fourth-order valence-electron chi connectivity index (χ4n) is 2.53. The standard InChI is InChI=1S/C13H24F3N/c1-2-3-4-5-9-17-12-8-6-7-11(10-12)13(14,15)16/h11-12,17H,2-10H2,1H3. The molecule has 1 N–H and O–H groups in total. The summed E-state index contributed by atoms with van der Waals surface area (Å²) < 4.78 is 37.7. The SMILES string of the molecule is CCCCCCNC1CCCC(C(F)(F)F)C1. The van der Waals surface area contributed by atoms with Gasteiger partial charge in [0.05, 0.1) is 5.92 Å². The van der Waals surface area contributed by atoms with Crippen LogP contribution in [0.15, 0.2) is 0 Å². The van der Waals surface area contributed by atoms with Crippen LogP contribution < -0.4 is 5.32 Å². The molecule has 0 aromatic heterocycles. The zero-order valence-electron chi connectivity index (χ0n) is 10.7. The van der Waals surface area contributed by atoms with E-state index in [9.17, 15) is 13.2 Å². The molecule has 1 saturated carbocycles. The number of halogens is 3. The number of rotatable bonds is 6. The predicted octanol–water partition coefficient (Wildman–Crippen LogP) is 4.28. The maximum Gasteiger partial charge on any atom is 0.391 e. The van der Waals surface area contributed by atoms with Gasteiger partial charge in [-0.3, -0.25) is 0 Å². The number of hydrogen-bond acceptors (Lipinski definition) is 1. The number of nitrogens with one attached hydrogen (secondary N) is 1. The quantitative estimate of drug-likeness (QED) is 0.695. The molecule has 0 radical (unpaired) electrons. The molecule has 0 aliphatic heterocycles. The lowest BCUT2D eigenvalue weighted by Crippen LogP contribution is -2.39. The summed E-state index contributed by atoms with van der Waals surface area (Å²) in [5.74, 6) is -1.08. The van der Waals surface area contributed by atoms with Gasteiger partial charge in [0.25, 0.3) is 0 Å². The Hall–Kier alpha value is -0.250.